The summed E-state index contributed by atoms with van der Waals surface area (Å²) in [6.45, 7) is 2.17. The molecule has 0 aromatic carbocycles. The van der Waals surface area contributed by atoms with Crippen LogP contribution in [0.2, 0.25) is 0 Å². The zero-order valence-electron chi connectivity index (χ0n) is 5.93. The highest BCUT2D eigenvalue weighted by molar-refractivity contribution is 5.10. The van der Waals surface area contributed by atoms with Gasteiger partial charge in [-0.15, -0.1) is 0 Å². The molecule has 1 aliphatic carbocycles. The second kappa shape index (κ2) is 3.02. The van der Waals surface area contributed by atoms with Crippen molar-refractivity contribution in [1.29, 1.82) is 0 Å². The Bertz CT molecular complexity index is 116. The first-order valence-corrected chi connectivity index (χ1v) is 3.69. The molecule has 0 unspecified atom stereocenters. The van der Waals surface area contributed by atoms with E-state index < -0.39 is 0 Å². The summed E-state index contributed by atoms with van der Waals surface area (Å²) in [4.78, 5) is 0. The van der Waals surface area contributed by atoms with E-state index in [0.29, 0.717) is 0 Å². The maximum absolute atomic E-state index is 9.07. The van der Waals surface area contributed by atoms with Gasteiger partial charge in [0.2, 0.25) is 0 Å². The summed E-state index contributed by atoms with van der Waals surface area (Å²) in [5.74, 6) is 0. The number of aliphatic hydroxyl groups excluding tert-OH is 1. The minimum atomic E-state index is -0.0634. The van der Waals surface area contributed by atoms with Crippen LogP contribution < -0.4 is 0 Å². The molecule has 0 radical (unpaired) electrons. The van der Waals surface area contributed by atoms with Crippen molar-refractivity contribution in [2.24, 2.45) is 0 Å². The zero-order chi connectivity index (χ0) is 6.69. The van der Waals surface area contributed by atoms with Gasteiger partial charge in [0.1, 0.15) is 0 Å². The Kier molecular flexibility index (Phi) is 2.29. The van der Waals surface area contributed by atoms with Gasteiger partial charge in [0.25, 0.3) is 0 Å². The molecule has 52 valence electrons. The molecule has 1 heteroatoms. The third-order valence-electron chi connectivity index (χ3n) is 1.75. The lowest BCUT2D eigenvalue weighted by Gasteiger charge is -1.99. The average Bonchev–Trinajstić information content (AvgIpc) is 2.17. The molecule has 0 bridgehead atoms. The van der Waals surface area contributed by atoms with Gasteiger partial charge in [0.05, 0.1) is 6.10 Å². The Balaban J connectivity index is 2.27. The van der Waals surface area contributed by atoms with E-state index >= 15 is 0 Å². The second-order valence-electron chi connectivity index (χ2n) is 2.71. The maximum Gasteiger partial charge on any atom is 0.0611 e. The Hall–Kier alpha value is -0.300. The number of hydrogen-bond donors (Lipinski definition) is 1. The first-order valence-electron chi connectivity index (χ1n) is 3.69. The molecule has 0 saturated heterocycles. The van der Waals surface area contributed by atoms with Crippen LogP contribution in [0.5, 0.6) is 0 Å². The molecule has 1 rings (SSSR count). The van der Waals surface area contributed by atoms with E-state index in [2.05, 4.69) is 13.0 Å². The van der Waals surface area contributed by atoms with E-state index in [1.54, 1.807) is 0 Å². The van der Waals surface area contributed by atoms with Gasteiger partial charge in [-0.2, -0.15) is 0 Å². The predicted octanol–water partition coefficient (Wildman–Crippen LogP) is 1.87. The van der Waals surface area contributed by atoms with Gasteiger partial charge in [-0.3, -0.25) is 0 Å². The summed E-state index contributed by atoms with van der Waals surface area (Å²) in [6.07, 6.45) is 6.30. The molecule has 0 saturated carbocycles. The summed E-state index contributed by atoms with van der Waals surface area (Å²) >= 11 is 0. The van der Waals surface area contributed by atoms with Gasteiger partial charge in [-0.05, 0) is 19.3 Å². The van der Waals surface area contributed by atoms with Gasteiger partial charge in [0.15, 0.2) is 0 Å². The van der Waals surface area contributed by atoms with Gasteiger partial charge >= 0.3 is 0 Å². The summed E-state index contributed by atoms with van der Waals surface area (Å²) in [7, 11) is 0. The van der Waals surface area contributed by atoms with E-state index in [9.17, 15) is 0 Å². The molecule has 1 nitrogen and oxygen atoms in total. The van der Waals surface area contributed by atoms with Gasteiger partial charge in [0, 0.05) is 0 Å². The minimum Gasteiger partial charge on any atom is -0.392 e. The molecule has 1 atom stereocenters. The topological polar surface area (TPSA) is 20.2 Å². The predicted molar refractivity (Wildman–Crippen MR) is 38.2 cm³/mol. The van der Waals surface area contributed by atoms with E-state index in [1.165, 1.54) is 18.4 Å². The van der Waals surface area contributed by atoms with Crippen molar-refractivity contribution >= 4 is 0 Å². The van der Waals surface area contributed by atoms with Crippen LogP contribution >= 0.6 is 0 Å². The molecular weight excluding hydrogens is 112 g/mol. The molecule has 1 N–H and O–H groups in total. The fourth-order valence-electron chi connectivity index (χ4n) is 1.30. The van der Waals surface area contributed by atoms with Crippen LogP contribution in [-0.4, -0.2) is 11.2 Å². The quantitative estimate of drug-likeness (QED) is 0.560. The maximum atomic E-state index is 9.07. The van der Waals surface area contributed by atoms with Crippen LogP contribution in [0.15, 0.2) is 11.6 Å². The highest BCUT2D eigenvalue weighted by atomic mass is 16.3. The molecule has 0 fully saturated rings. The van der Waals surface area contributed by atoms with Crippen molar-refractivity contribution in [3.63, 3.8) is 0 Å². The van der Waals surface area contributed by atoms with Crippen LogP contribution in [0.1, 0.15) is 32.6 Å². The Morgan fingerprint density at radius 3 is 3.00 bits per heavy atom. The molecule has 0 spiro atoms. The summed E-state index contributed by atoms with van der Waals surface area (Å²) in [6, 6.07) is 0. The average molecular weight is 126 g/mol. The van der Waals surface area contributed by atoms with E-state index in [4.69, 9.17) is 5.11 Å². The highest BCUT2D eigenvalue weighted by Gasteiger charge is 2.11. The van der Waals surface area contributed by atoms with Crippen LogP contribution in [0.3, 0.4) is 0 Å². The summed E-state index contributed by atoms with van der Waals surface area (Å²) in [5, 5.41) is 9.07. The lowest BCUT2D eigenvalue weighted by Crippen LogP contribution is -1.98. The minimum absolute atomic E-state index is 0.0634. The van der Waals surface area contributed by atoms with Crippen molar-refractivity contribution < 1.29 is 5.11 Å². The SMILES string of the molecule is CCCC1=CC[C@H](O)C1. The first kappa shape index (κ1) is 6.81. The molecule has 0 aliphatic heterocycles. The fourth-order valence-corrected chi connectivity index (χ4v) is 1.30. The lowest BCUT2D eigenvalue weighted by molar-refractivity contribution is 0.187. The smallest absolute Gasteiger partial charge is 0.0611 e. The van der Waals surface area contributed by atoms with Crippen molar-refractivity contribution in [2.45, 2.75) is 38.7 Å². The van der Waals surface area contributed by atoms with Crippen molar-refractivity contribution in [3.8, 4) is 0 Å². The van der Waals surface area contributed by atoms with Gasteiger partial charge in [-0.1, -0.05) is 25.0 Å². The molecule has 0 aromatic heterocycles. The molecule has 1 aliphatic rings. The highest BCUT2D eigenvalue weighted by Crippen LogP contribution is 2.21. The summed E-state index contributed by atoms with van der Waals surface area (Å²) < 4.78 is 0. The Morgan fingerprint density at radius 2 is 2.56 bits per heavy atom. The zero-order valence-corrected chi connectivity index (χ0v) is 5.93. The van der Waals surface area contributed by atoms with Crippen LogP contribution in [0.25, 0.3) is 0 Å². The molecule has 0 amide bonds. The van der Waals surface area contributed by atoms with Crippen LogP contribution in [-0.2, 0) is 0 Å². The normalized spacial score (nSPS) is 26.4. The lowest BCUT2D eigenvalue weighted by atomic mass is 10.1. The number of hydrogen-bond acceptors (Lipinski definition) is 1. The van der Waals surface area contributed by atoms with E-state index in [1.807, 2.05) is 0 Å². The monoisotopic (exact) mass is 126 g/mol. The van der Waals surface area contributed by atoms with Crippen molar-refractivity contribution in [1.82, 2.24) is 0 Å². The van der Waals surface area contributed by atoms with Gasteiger partial charge in [-0.25, -0.2) is 0 Å². The molecule has 0 heterocycles. The fraction of sp³-hybridized carbons (Fsp3) is 0.750. The first-order chi connectivity index (χ1) is 4.33. The van der Waals surface area contributed by atoms with Crippen molar-refractivity contribution in [3.05, 3.63) is 11.6 Å². The molecular formula is C8H14O. The third-order valence-corrected chi connectivity index (χ3v) is 1.75. The van der Waals surface area contributed by atoms with Crippen molar-refractivity contribution in [2.75, 3.05) is 0 Å². The standard InChI is InChI=1S/C8H14O/c1-2-3-7-4-5-8(9)6-7/h4,8-9H,2-3,5-6H2,1H3/t8-/m0/s1. The Morgan fingerprint density at radius 1 is 1.78 bits per heavy atom. The largest absolute Gasteiger partial charge is 0.392 e. The summed E-state index contributed by atoms with van der Waals surface area (Å²) in [5.41, 5.74) is 1.45. The molecule has 9 heavy (non-hydrogen) atoms. The van der Waals surface area contributed by atoms with Gasteiger partial charge < -0.3 is 5.11 Å². The Labute approximate surface area is 56.4 Å². The third kappa shape index (κ3) is 1.83. The number of aliphatic hydroxyl groups is 1. The molecule has 0 aromatic rings. The van der Waals surface area contributed by atoms with E-state index in [0.717, 1.165) is 12.8 Å². The van der Waals surface area contributed by atoms with Crippen LogP contribution in [0, 0.1) is 0 Å². The van der Waals surface area contributed by atoms with Crippen LogP contribution in [0.4, 0.5) is 0 Å². The van der Waals surface area contributed by atoms with E-state index in [-0.39, 0.29) is 6.10 Å². The second-order valence-corrected chi connectivity index (χ2v) is 2.71. The number of rotatable bonds is 2.